The molecule has 0 N–H and O–H groups in total. The largest absolute Gasteiger partial charge is 0.493 e. The lowest BCUT2D eigenvalue weighted by atomic mass is 10.00. The van der Waals surface area contributed by atoms with Crippen LogP contribution in [-0.4, -0.2) is 49.7 Å². The smallest absolute Gasteiger partial charge is 0.338 e. The molecule has 26 heavy (non-hydrogen) atoms. The summed E-state index contributed by atoms with van der Waals surface area (Å²) in [6, 6.07) is 3.19. The van der Waals surface area contributed by atoms with Gasteiger partial charge in [0.2, 0.25) is 0 Å². The van der Waals surface area contributed by atoms with E-state index in [1.807, 2.05) is 11.8 Å². The van der Waals surface area contributed by atoms with Crippen LogP contribution in [-0.2, 0) is 9.53 Å². The third kappa shape index (κ3) is 4.81. The zero-order chi connectivity index (χ0) is 19.1. The molecule has 1 aliphatic rings. The Hall–Kier alpha value is -1.95. The van der Waals surface area contributed by atoms with Crippen molar-refractivity contribution < 1.29 is 23.8 Å². The van der Waals surface area contributed by atoms with Gasteiger partial charge in [-0.2, -0.15) is 0 Å². The minimum Gasteiger partial charge on any atom is -0.493 e. The average Bonchev–Trinajstić information content (AvgIpc) is 2.67. The first-order valence-corrected chi connectivity index (χ1v) is 9.36. The number of halogens is 1. The van der Waals surface area contributed by atoms with E-state index in [0.29, 0.717) is 18.1 Å². The molecule has 6 nitrogen and oxygen atoms in total. The number of likely N-dealkylation sites (tertiary alicyclic amines) is 1. The topological polar surface area (TPSA) is 65.1 Å². The Morgan fingerprint density at radius 1 is 1.27 bits per heavy atom. The number of carbonyl (C=O) groups excluding carboxylic acids is 2. The predicted molar refractivity (Wildman–Crippen MR) is 99.1 cm³/mol. The minimum absolute atomic E-state index is 0.158. The van der Waals surface area contributed by atoms with E-state index in [9.17, 15) is 9.59 Å². The number of amides is 1. The van der Waals surface area contributed by atoms with Crippen LogP contribution in [0.1, 0.15) is 49.9 Å². The maximum atomic E-state index is 12.4. The van der Waals surface area contributed by atoms with Crippen LogP contribution in [0.3, 0.4) is 0 Å². The molecule has 0 bridgehead atoms. The highest BCUT2D eigenvalue weighted by Gasteiger charge is 2.26. The van der Waals surface area contributed by atoms with Gasteiger partial charge in [0, 0.05) is 12.6 Å². The summed E-state index contributed by atoms with van der Waals surface area (Å²) in [5, 5.41) is 0.256. The number of ether oxygens (including phenoxy) is 3. The molecule has 1 fully saturated rings. The summed E-state index contributed by atoms with van der Waals surface area (Å²) in [5.41, 5.74) is 0.216. The molecule has 1 heterocycles. The van der Waals surface area contributed by atoms with Crippen LogP contribution in [0.5, 0.6) is 11.5 Å². The molecule has 7 heteroatoms. The second-order valence-corrected chi connectivity index (χ2v) is 6.55. The lowest BCUT2D eigenvalue weighted by Crippen LogP contribution is -2.45. The fourth-order valence-electron chi connectivity index (χ4n) is 3.17. The van der Waals surface area contributed by atoms with Gasteiger partial charge in [-0.05, 0) is 44.7 Å². The normalized spacial score (nSPS) is 16.9. The van der Waals surface area contributed by atoms with E-state index >= 15 is 0 Å². The summed E-state index contributed by atoms with van der Waals surface area (Å²) in [7, 11) is 1.47. The quantitative estimate of drug-likeness (QED) is 0.672. The van der Waals surface area contributed by atoms with Crippen molar-refractivity contribution in [3.05, 3.63) is 22.7 Å². The van der Waals surface area contributed by atoms with Gasteiger partial charge in [0.1, 0.15) is 0 Å². The number of carbonyl (C=O) groups is 2. The molecule has 1 aromatic rings. The fraction of sp³-hybridized carbons (Fsp3) is 0.579. The lowest BCUT2D eigenvalue weighted by molar-refractivity contribution is -0.138. The van der Waals surface area contributed by atoms with Crippen molar-refractivity contribution in [2.45, 2.75) is 45.6 Å². The summed E-state index contributed by atoms with van der Waals surface area (Å²) < 4.78 is 15.9. The van der Waals surface area contributed by atoms with E-state index in [-0.39, 0.29) is 29.1 Å². The van der Waals surface area contributed by atoms with Crippen molar-refractivity contribution in [2.24, 2.45) is 0 Å². The highest BCUT2D eigenvalue weighted by atomic mass is 35.5. The highest BCUT2D eigenvalue weighted by molar-refractivity contribution is 6.32. The molecular weight excluding hydrogens is 358 g/mol. The minimum atomic E-state index is -0.619. The third-order valence-electron chi connectivity index (χ3n) is 4.50. The van der Waals surface area contributed by atoms with Crippen LogP contribution in [0.2, 0.25) is 5.02 Å². The first-order valence-electron chi connectivity index (χ1n) is 8.98. The van der Waals surface area contributed by atoms with Crippen LogP contribution in [0.25, 0.3) is 0 Å². The van der Waals surface area contributed by atoms with Gasteiger partial charge < -0.3 is 19.1 Å². The standard InChI is InChI=1S/C19H26ClNO5/c1-4-14-8-6-7-9-21(14)17(22)12-26-19(23)13-10-15(20)18(25-5-2)16(11-13)24-3/h10-11,14H,4-9,12H2,1-3H3. The number of hydrogen-bond donors (Lipinski definition) is 0. The zero-order valence-corrected chi connectivity index (χ0v) is 16.3. The summed E-state index contributed by atoms with van der Waals surface area (Å²) in [4.78, 5) is 26.6. The number of piperidine rings is 1. The van der Waals surface area contributed by atoms with E-state index in [1.54, 1.807) is 0 Å². The lowest BCUT2D eigenvalue weighted by Gasteiger charge is -2.35. The van der Waals surface area contributed by atoms with Crippen LogP contribution >= 0.6 is 11.6 Å². The van der Waals surface area contributed by atoms with Gasteiger partial charge in [0.25, 0.3) is 5.91 Å². The number of nitrogens with zero attached hydrogens (tertiary/aromatic N) is 1. The molecule has 0 spiro atoms. The molecule has 0 aromatic heterocycles. The Balaban J connectivity index is 2.03. The third-order valence-corrected chi connectivity index (χ3v) is 4.78. The first kappa shape index (κ1) is 20.4. The molecule has 2 rings (SSSR count). The van der Waals surface area contributed by atoms with Crippen molar-refractivity contribution in [3.63, 3.8) is 0 Å². The van der Waals surface area contributed by atoms with E-state index in [4.69, 9.17) is 25.8 Å². The Morgan fingerprint density at radius 2 is 2.04 bits per heavy atom. The number of benzene rings is 1. The van der Waals surface area contributed by atoms with Crippen LogP contribution in [0.4, 0.5) is 0 Å². The molecule has 1 aromatic carbocycles. The van der Waals surface area contributed by atoms with E-state index < -0.39 is 5.97 Å². The number of rotatable bonds is 7. The molecule has 1 atom stereocenters. The highest BCUT2D eigenvalue weighted by Crippen LogP contribution is 2.36. The molecule has 0 saturated carbocycles. The second-order valence-electron chi connectivity index (χ2n) is 6.14. The van der Waals surface area contributed by atoms with Crippen molar-refractivity contribution in [2.75, 3.05) is 26.9 Å². The van der Waals surface area contributed by atoms with Gasteiger partial charge >= 0.3 is 5.97 Å². The number of methoxy groups -OCH3 is 1. The van der Waals surface area contributed by atoms with Crippen LogP contribution in [0.15, 0.2) is 12.1 Å². The van der Waals surface area contributed by atoms with Gasteiger partial charge in [-0.15, -0.1) is 0 Å². The van der Waals surface area contributed by atoms with Gasteiger partial charge in [0.15, 0.2) is 18.1 Å². The van der Waals surface area contributed by atoms with Gasteiger partial charge in [-0.3, -0.25) is 4.79 Å². The second kappa shape index (κ2) is 9.67. The van der Waals surface area contributed by atoms with Gasteiger partial charge in [0.05, 0.1) is 24.3 Å². The monoisotopic (exact) mass is 383 g/mol. The Labute approximate surface area is 159 Å². The summed E-state index contributed by atoms with van der Waals surface area (Å²) in [6.07, 6.45) is 4.03. The summed E-state index contributed by atoms with van der Waals surface area (Å²) in [6.45, 7) is 4.76. The number of esters is 1. The molecule has 0 aliphatic carbocycles. The molecule has 144 valence electrons. The maximum Gasteiger partial charge on any atom is 0.338 e. The summed E-state index contributed by atoms with van der Waals surface area (Å²) >= 11 is 6.17. The Kier molecular flexibility index (Phi) is 7.57. The average molecular weight is 384 g/mol. The predicted octanol–water partition coefficient (Wildman–Crippen LogP) is 3.70. The molecule has 1 unspecified atom stereocenters. The Bertz CT molecular complexity index is 649. The fourth-order valence-corrected chi connectivity index (χ4v) is 3.43. The SMILES string of the molecule is CCOc1c(Cl)cc(C(=O)OCC(=O)N2CCCCC2CC)cc1OC. The molecular formula is C19H26ClNO5. The zero-order valence-electron chi connectivity index (χ0n) is 15.5. The maximum absolute atomic E-state index is 12.4. The van der Waals surface area contributed by atoms with Crippen molar-refractivity contribution in [3.8, 4) is 11.5 Å². The van der Waals surface area contributed by atoms with Crippen LogP contribution in [0, 0.1) is 0 Å². The molecule has 1 amide bonds. The van der Waals surface area contributed by atoms with E-state index in [1.165, 1.54) is 19.2 Å². The molecule has 0 radical (unpaired) electrons. The van der Waals surface area contributed by atoms with Crippen molar-refractivity contribution in [1.82, 2.24) is 4.90 Å². The Morgan fingerprint density at radius 3 is 2.69 bits per heavy atom. The van der Waals surface area contributed by atoms with Crippen LogP contribution < -0.4 is 9.47 Å². The summed E-state index contributed by atoms with van der Waals surface area (Å²) in [5.74, 6) is -0.0522. The van der Waals surface area contributed by atoms with Gasteiger partial charge in [-0.1, -0.05) is 18.5 Å². The number of hydrogen-bond acceptors (Lipinski definition) is 5. The van der Waals surface area contributed by atoms with E-state index in [2.05, 4.69) is 6.92 Å². The van der Waals surface area contributed by atoms with E-state index in [0.717, 1.165) is 32.2 Å². The first-order chi connectivity index (χ1) is 12.5. The molecule has 1 aliphatic heterocycles. The van der Waals surface area contributed by atoms with Crippen molar-refractivity contribution in [1.29, 1.82) is 0 Å². The van der Waals surface area contributed by atoms with Crippen molar-refractivity contribution >= 4 is 23.5 Å². The molecule has 1 saturated heterocycles. The van der Waals surface area contributed by atoms with Gasteiger partial charge in [-0.25, -0.2) is 4.79 Å².